The van der Waals surface area contributed by atoms with Crippen molar-refractivity contribution in [3.63, 3.8) is 0 Å². The van der Waals surface area contributed by atoms with E-state index in [1.807, 2.05) is 42.5 Å². The summed E-state index contributed by atoms with van der Waals surface area (Å²) in [6.45, 7) is 4.65. The van der Waals surface area contributed by atoms with Gasteiger partial charge in [0, 0.05) is 19.3 Å². The number of nitrogens with zero attached hydrogens (tertiary/aromatic N) is 4. The van der Waals surface area contributed by atoms with Gasteiger partial charge in [0.2, 0.25) is 0 Å². The average Bonchev–Trinajstić information content (AvgIpc) is 3.06. The van der Waals surface area contributed by atoms with Gasteiger partial charge in [0.05, 0.1) is 6.04 Å². The van der Waals surface area contributed by atoms with E-state index in [-0.39, 0.29) is 11.9 Å². The highest BCUT2D eigenvalue weighted by Gasteiger charge is 2.32. The number of amides is 1. The first kappa shape index (κ1) is 13.9. The highest BCUT2D eigenvalue weighted by Crippen LogP contribution is 2.30. The fourth-order valence-corrected chi connectivity index (χ4v) is 2.93. The van der Waals surface area contributed by atoms with Crippen LogP contribution in [0.1, 0.15) is 53.1 Å². The number of aromatic nitrogens is 4. The molecular weight excluding hydrogens is 266 g/mol. The van der Waals surface area contributed by atoms with Gasteiger partial charge in [-0.3, -0.25) is 9.89 Å². The lowest BCUT2D eigenvalue weighted by Gasteiger charge is -2.34. The van der Waals surface area contributed by atoms with Crippen molar-refractivity contribution in [3.8, 4) is 0 Å². The van der Waals surface area contributed by atoms with Gasteiger partial charge in [0.15, 0.2) is 5.82 Å². The van der Waals surface area contributed by atoms with E-state index in [0.29, 0.717) is 0 Å². The second-order valence-electron chi connectivity index (χ2n) is 5.71. The fraction of sp³-hybridized carbons (Fsp3) is 0.533. The van der Waals surface area contributed by atoms with Gasteiger partial charge in [-0.1, -0.05) is 0 Å². The predicted molar refractivity (Wildman–Crippen MR) is 78.9 cm³/mol. The molecule has 0 saturated carbocycles. The molecule has 112 valence electrons. The summed E-state index contributed by atoms with van der Waals surface area (Å²) in [4.78, 5) is 19.2. The van der Waals surface area contributed by atoms with Crippen LogP contribution in [-0.2, 0) is 7.05 Å². The summed E-state index contributed by atoms with van der Waals surface area (Å²) in [5, 5.41) is 7.13. The van der Waals surface area contributed by atoms with Crippen molar-refractivity contribution in [2.75, 3.05) is 6.54 Å². The van der Waals surface area contributed by atoms with E-state index in [1.165, 1.54) is 0 Å². The van der Waals surface area contributed by atoms with E-state index >= 15 is 0 Å². The minimum Gasteiger partial charge on any atom is -0.344 e. The summed E-state index contributed by atoms with van der Waals surface area (Å²) >= 11 is 0. The van der Waals surface area contributed by atoms with Crippen molar-refractivity contribution in [1.82, 2.24) is 24.6 Å². The van der Waals surface area contributed by atoms with Gasteiger partial charge in [-0.25, -0.2) is 4.98 Å². The second kappa shape index (κ2) is 5.35. The fourth-order valence-electron chi connectivity index (χ4n) is 2.93. The number of likely N-dealkylation sites (tertiary alicyclic amines) is 1. The third kappa shape index (κ3) is 2.46. The topological polar surface area (TPSA) is 66.8 Å². The number of H-pyrrole nitrogens is 1. The molecule has 2 aromatic rings. The molecule has 1 aliphatic rings. The van der Waals surface area contributed by atoms with Gasteiger partial charge >= 0.3 is 0 Å². The minimum atomic E-state index is -0.0218. The van der Waals surface area contributed by atoms with Crippen LogP contribution in [0, 0.1) is 13.8 Å². The molecular formula is C15H21N5O. The van der Waals surface area contributed by atoms with Crippen molar-refractivity contribution in [3.05, 3.63) is 35.2 Å². The molecule has 1 amide bonds. The first-order chi connectivity index (χ1) is 10.1. The Kier molecular flexibility index (Phi) is 3.53. The van der Waals surface area contributed by atoms with Gasteiger partial charge in [-0.15, -0.1) is 0 Å². The molecule has 1 aliphatic heterocycles. The van der Waals surface area contributed by atoms with Gasteiger partial charge in [0.25, 0.3) is 5.91 Å². The number of piperidine rings is 1. The maximum absolute atomic E-state index is 12.9. The summed E-state index contributed by atoms with van der Waals surface area (Å²) < 4.78 is 1.94. The number of carbonyl (C=O) groups excluding carboxylic acids is 1. The molecule has 0 aliphatic carbocycles. The van der Waals surface area contributed by atoms with E-state index in [9.17, 15) is 4.79 Å². The van der Waals surface area contributed by atoms with Crippen molar-refractivity contribution >= 4 is 5.91 Å². The zero-order valence-electron chi connectivity index (χ0n) is 12.8. The van der Waals surface area contributed by atoms with Gasteiger partial charge < -0.3 is 9.47 Å². The quantitative estimate of drug-likeness (QED) is 0.920. The summed E-state index contributed by atoms with van der Waals surface area (Å²) in [6.07, 6.45) is 3.07. The largest absolute Gasteiger partial charge is 0.344 e. The SMILES string of the molecule is Cc1nc(C2CCCCN2C(=O)c2ccc(C)n2C)n[nH]1. The third-order valence-electron chi connectivity index (χ3n) is 4.27. The van der Waals surface area contributed by atoms with E-state index in [0.717, 1.165) is 48.8 Å². The Morgan fingerprint density at radius 2 is 2.14 bits per heavy atom. The van der Waals surface area contributed by atoms with E-state index in [2.05, 4.69) is 15.2 Å². The van der Waals surface area contributed by atoms with Crippen LogP contribution in [0.25, 0.3) is 0 Å². The van der Waals surface area contributed by atoms with Crippen LogP contribution in [-0.4, -0.2) is 37.1 Å². The smallest absolute Gasteiger partial charge is 0.271 e. The molecule has 0 spiro atoms. The Bertz CT molecular complexity index is 657. The number of carbonyl (C=O) groups is 1. The Hall–Kier alpha value is -2.11. The molecule has 3 heterocycles. The zero-order valence-corrected chi connectivity index (χ0v) is 12.8. The summed E-state index contributed by atoms with van der Waals surface area (Å²) in [7, 11) is 1.93. The maximum Gasteiger partial charge on any atom is 0.271 e. The van der Waals surface area contributed by atoms with Crippen molar-refractivity contribution in [1.29, 1.82) is 0 Å². The molecule has 6 nitrogen and oxygen atoms in total. The molecule has 3 rings (SSSR count). The first-order valence-corrected chi connectivity index (χ1v) is 7.40. The standard InChI is InChI=1S/C15H21N5O/c1-10-7-8-13(19(10)3)15(21)20-9-5-4-6-12(20)14-16-11(2)17-18-14/h7-8,12H,4-6,9H2,1-3H3,(H,16,17,18). The van der Waals surface area contributed by atoms with Gasteiger partial charge in [-0.05, 0) is 45.2 Å². The van der Waals surface area contributed by atoms with Crippen LogP contribution in [0.2, 0.25) is 0 Å². The molecule has 0 bridgehead atoms. The lowest BCUT2D eigenvalue weighted by molar-refractivity contribution is 0.0590. The molecule has 1 saturated heterocycles. The summed E-state index contributed by atoms with van der Waals surface area (Å²) in [5.74, 6) is 1.59. The van der Waals surface area contributed by atoms with Crippen LogP contribution in [0.5, 0.6) is 0 Å². The van der Waals surface area contributed by atoms with Crippen molar-refractivity contribution in [2.45, 2.75) is 39.2 Å². The van der Waals surface area contributed by atoms with E-state index in [1.54, 1.807) is 0 Å². The van der Waals surface area contributed by atoms with Gasteiger partial charge in [0.1, 0.15) is 11.5 Å². The number of hydrogen-bond donors (Lipinski definition) is 1. The molecule has 0 aromatic carbocycles. The predicted octanol–water partition coefficient (Wildman–Crippen LogP) is 2.13. The van der Waals surface area contributed by atoms with Crippen molar-refractivity contribution in [2.24, 2.45) is 7.05 Å². The number of hydrogen-bond acceptors (Lipinski definition) is 3. The monoisotopic (exact) mass is 287 g/mol. The molecule has 1 N–H and O–H groups in total. The molecule has 6 heteroatoms. The Labute approximate surface area is 124 Å². The summed E-state index contributed by atoms with van der Waals surface area (Å²) in [5.41, 5.74) is 1.81. The normalized spacial score (nSPS) is 19.0. The van der Waals surface area contributed by atoms with Crippen LogP contribution >= 0.6 is 0 Å². The number of rotatable bonds is 2. The highest BCUT2D eigenvalue weighted by molar-refractivity contribution is 5.93. The molecule has 1 unspecified atom stereocenters. The van der Waals surface area contributed by atoms with Crippen LogP contribution in [0.4, 0.5) is 0 Å². The molecule has 2 aromatic heterocycles. The molecule has 1 fully saturated rings. The first-order valence-electron chi connectivity index (χ1n) is 7.40. The van der Waals surface area contributed by atoms with Crippen LogP contribution in [0.3, 0.4) is 0 Å². The Morgan fingerprint density at radius 3 is 2.76 bits per heavy atom. The number of aromatic amines is 1. The molecule has 0 radical (unpaired) electrons. The molecule has 1 atom stereocenters. The Balaban J connectivity index is 1.91. The number of aryl methyl sites for hydroxylation is 2. The zero-order chi connectivity index (χ0) is 15.0. The minimum absolute atomic E-state index is 0.0218. The van der Waals surface area contributed by atoms with Crippen LogP contribution < -0.4 is 0 Å². The summed E-state index contributed by atoms with van der Waals surface area (Å²) in [6, 6.07) is 3.85. The van der Waals surface area contributed by atoms with E-state index in [4.69, 9.17) is 0 Å². The second-order valence-corrected chi connectivity index (χ2v) is 5.71. The van der Waals surface area contributed by atoms with Gasteiger partial charge in [-0.2, -0.15) is 5.10 Å². The Morgan fingerprint density at radius 1 is 1.33 bits per heavy atom. The average molecular weight is 287 g/mol. The lowest BCUT2D eigenvalue weighted by Crippen LogP contribution is -2.39. The van der Waals surface area contributed by atoms with E-state index < -0.39 is 0 Å². The highest BCUT2D eigenvalue weighted by atomic mass is 16.2. The molecule has 21 heavy (non-hydrogen) atoms. The third-order valence-corrected chi connectivity index (χ3v) is 4.27. The number of nitrogens with one attached hydrogen (secondary N) is 1. The lowest BCUT2D eigenvalue weighted by atomic mass is 10.0. The maximum atomic E-state index is 12.9. The van der Waals surface area contributed by atoms with Crippen LogP contribution in [0.15, 0.2) is 12.1 Å². The van der Waals surface area contributed by atoms with Crippen molar-refractivity contribution < 1.29 is 4.79 Å².